The lowest BCUT2D eigenvalue weighted by Crippen LogP contribution is -2.33. The number of carbonyl (C=O) groups excluding carboxylic acids is 1. The van der Waals surface area contributed by atoms with Gasteiger partial charge >= 0.3 is 7.60 Å². The van der Waals surface area contributed by atoms with Crippen LogP contribution in [0.4, 0.5) is 11.9 Å². The first-order valence-corrected chi connectivity index (χ1v) is 16.6. The lowest BCUT2D eigenvalue weighted by molar-refractivity contribution is -0.110. The molecule has 6 heterocycles. The molecule has 10 atom stereocenters. The van der Waals surface area contributed by atoms with Crippen LogP contribution < -0.4 is 22.6 Å². The number of nitrogen functional groups attached to an aromatic ring is 2. The van der Waals surface area contributed by atoms with Crippen LogP contribution in [-0.2, 0) is 27.9 Å². The quantitative estimate of drug-likeness (QED) is 0.0558. The molecule has 0 aromatic carbocycles. The van der Waals surface area contributed by atoms with E-state index < -0.39 is 89.2 Å². The number of nitrogens with two attached hydrogens (primary N) is 2. The third kappa shape index (κ3) is 6.32. The van der Waals surface area contributed by atoms with Crippen molar-refractivity contribution in [3.05, 3.63) is 33.4 Å². The van der Waals surface area contributed by atoms with Crippen molar-refractivity contribution in [2.45, 2.75) is 43.3 Å². The summed E-state index contributed by atoms with van der Waals surface area (Å²) >= 11 is 0. The molecule has 254 valence electrons. The molecular formula is C23H30N10O12P2. The molecule has 2 saturated heterocycles. The first-order chi connectivity index (χ1) is 22.4. The Labute approximate surface area is 263 Å². The lowest BCUT2D eigenvalue weighted by atomic mass is 9.97. The monoisotopic (exact) mass is 700 g/mol. The van der Waals surface area contributed by atoms with Gasteiger partial charge in [0.15, 0.2) is 31.4 Å². The van der Waals surface area contributed by atoms with Crippen molar-refractivity contribution in [3.63, 3.8) is 0 Å². The van der Waals surface area contributed by atoms with Crippen molar-refractivity contribution in [2.75, 3.05) is 30.8 Å². The fraction of sp³-hybridized carbons (Fsp3) is 0.522. The smallest absolute Gasteiger partial charge is 0.328 e. The van der Waals surface area contributed by atoms with Crippen LogP contribution in [0.25, 0.3) is 22.3 Å². The van der Waals surface area contributed by atoms with Crippen LogP contribution in [0.2, 0.25) is 0 Å². The molecule has 0 bridgehead atoms. The molecular weight excluding hydrogens is 670 g/mol. The molecule has 2 aliphatic rings. The van der Waals surface area contributed by atoms with E-state index in [9.17, 15) is 34.1 Å². The Bertz CT molecular complexity index is 1950. The summed E-state index contributed by atoms with van der Waals surface area (Å²) in [5.41, 5.74) is 9.96. The maximum Gasteiger partial charge on any atom is 0.328 e. The van der Waals surface area contributed by atoms with Crippen LogP contribution in [0.3, 0.4) is 0 Å². The Kier molecular flexibility index (Phi) is 9.24. The maximum absolute atomic E-state index is 13.5. The Morgan fingerprint density at radius 2 is 1.45 bits per heavy atom. The van der Waals surface area contributed by atoms with Gasteiger partial charge in [0, 0.05) is 18.3 Å². The van der Waals surface area contributed by atoms with E-state index in [1.165, 1.54) is 21.8 Å². The van der Waals surface area contributed by atoms with Crippen LogP contribution in [0.15, 0.2) is 22.2 Å². The summed E-state index contributed by atoms with van der Waals surface area (Å²) in [6, 6.07) is 0. The Morgan fingerprint density at radius 1 is 0.936 bits per heavy atom. The van der Waals surface area contributed by atoms with Crippen LogP contribution >= 0.6 is 16.6 Å². The molecule has 0 spiro atoms. The minimum absolute atomic E-state index is 0.0206. The predicted octanol–water partition coefficient (Wildman–Crippen LogP) is -2.53. The lowest BCUT2D eigenvalue weighted by Gasteiger charge is -2.25. The minimum atomic E-state index is -4.63. The van der Waals surface area contributed by atoms with E-state index in [-0.39, 0.29) is 47.3 Å². The predicted molar refractivity (Wildman–Crippen MR) is 160 cm³/mol. The van der Waals surface area contributed by atoms with Crippen LogP contribution in [0.5, 0.6) is 0 Å². The van der Waals surface area contributed by atoms with Crippen molar-refractivity contribution < 1.29 is 47.9 Å². The van der Waals surface area contributed by atoms with Gasteiger partial charge in [-0.25, -0.2) is 9.97 Å². The van der Waals surface area contributed by atoms with Crippen LogP contribution in [0, 0.1) is 11.8 Å². The summed E-state index contributed by atoms with van der Waals surface area (Å²) in [6.07, 6.45) is -5.30. The van der Waals surface area contributed by atoms with E-state index >= 15 is 0 Å². The van der Waals surface area contributed by atoms with Crippen molar-refractivity contribution in [2.24, 2.45) is 11.8 Å². The van der Waals surface area contributed by atoms with E-state index in [4.69, 9.17) is 34.9 Å². The molecule has 0 saturated carbocycles. The van der Waals surface area contributed by atoms with Gasteiger partial charge in [0.2, 0.25) is 11.9 Å². The number of imidazole rings is 2. The number of hydrogen-bond acceptors (Lipinski definition) is 17. The van der Waals surface area contributed by atoms with Gasteiger partial charge in [0.25, 0.3) is 11.1 Å². The number of carbonyl (C=O) groups is 1. The third-order valence-corrected chi connectivity index (χ3v) is 9.74. The van der Waals surface area contributed by atoms with Gasteiger partial charge in [-0.05, 0) is 0 Å². The highest BCUT2D eigenvalue weighted by Crippen LogP contribution is 2.51. The van der Waals surface area contributed by atoms with Gasteiger partial charge < -0.3 is 54.8 Å². The summed E-state index contributed by atoms with van der Waals surface area (Å²) in [5, 5.41) is 22.2. The van der Waals surface area contributed by atoms with Gasteiger partial charge in [-0.1, -0.05) is 0 Å². The Balaban J connectivity index is 1.22. The zero-order chi connectivity index (χ0) is 33.6. The number of nitrogens with zero attached hydrogens (tertiary/aromatic N) is 6. The average molecular weight is 700 g/mol. The van der Waals surface area contributed by atoms with Crippen molar-refractivity contribution >= 4 is 57.1 Å². The highest BCUT2D eigenvalue weighted by Gasteiger charge is 2.50. The number of rotatable bonds is 12. The highest BCUT2D eigenvalue weighted by molar-refractivity contribution is 7.52. The molecule has 4 aromatic heterocycles. The van der Waals surface area contributed by atoms with Crippen molar-refractivity contribution in [1.82, 2.24) is 39.0 Å². The van der Waals surface area contributed by atoms with Gasteiger partial charge in [0.05, 0.1) is 44.2 Å². The van der Waals surface area contributed by atoms with Crippen molar-refractivity contribution in [3.8, 4) is 0 Å². The topological polar surface area (TPSA) is 331 Å². The molecule has 2 fully saturated rings. The zero-order valence-electron chi connectivity index (χ0n) is 24.0. The molecule has 0 aliphatic carbocycles. The second kappa shape index (κ2) is 13.1. The molecule has 0 radical (unpaired) electrons. The zero-order valence-corrected chi connectivity index (χ0v) is 25.9. The fourth-order valence-corrected chi connectivity index (χ4v) is 7.53. The SMILES string of the molecule is Nc1nc2c(ncn2[C@@H]2O[C@H](COPO)[C@@H](O)[C@H]2CP(=O)(O)OC[C@H]2O[C@@H](n3cnc4c(=O)[nH]c(N)nc43)[C@H](CC=O)[C@@H]2O)c(=O)[nH]1. The average Bonchev–Trinajstić information content (AvgIpc) is 3.77. The number of anilines is 2. The second-order valence-electron chi connectivity index (χ2n) is 10.9. The summed E-state index contributed by atoms with van der Waals surface area (Å²) in [4.78, 5) is 77.0. The third-order valence-electron chi connectivity index (χ3n) is 8.01. The molecule has 24 heteroatoms. The molecule has 10 N–H and O–H groups in total. The van der Waals surface area contributed by atoms with E-state index in [1.807, 2.05) is 0 Å². The summed E-state index contributed by atoms with van der Waals surface area (Å²) < 4.78 is 38.3. The first-order valence-electron chi connectivity index (χ1n) is 13.9. The first kappa shape index (κ1) is 33.2. The number of aromatic nitrogens is 8. The molecule has 2 unspecified atom stereocenters. The van der Waals surface area contributed by atoms with Gasteiger partial charge in [0.1, 0.15) is 30.9 Å². The summed E-state index contributed by atoms with van der Waals surface area (Å²) in [7, 11) is -5.55. The van der Waals surface area contributed by atoms with E-state index in [0.29, 0.717) is 6.29 Å². The normalized spacial score (nSPS) is 29.4. The molecule has 6 rings (SSSR count). The largest absolute Gasteiger partial charge is 0.390 e. The molecule has 4 aromatic rings. The number of aldehydes is 1. The van der Waals surface area contributed by atoms with Gasteiger partial charge in [-0.3, -0.25) is 33.3 Å². The molecule has 2 aliphatic heterocycles. The van der Waals surface area contributed by atoms with E-state index in [1.54, 1.807) is 0 Å². The molecule has 47 heavy (non-hydrogen) atoms. The highest BCUT2D eigenvalue weighted by atomic mass is 31.2. The fourth-order valence-electron chi connectivity index (χ4n) is 5.88. The number of fused-ring (bicyclic) bond motifs is 2. The number of aromatic amines is 2. The number of aliphatic hydroxyl groups excluding tert-OH is 2. The van der Waals surface area contributed by atoms with Crippen LogP contribution in [-0.4, -0.2) is 109 Å². The summed E-state index contributed by atoms with van der Waals surface area (Å²) in [6.45, 7) is -0.906. The Hall–Kier alpha value is -3.69. The van der Waals surface area contributed by atoms with Gasteiger partial charge in [-0.2, -0.15) is 9.97 Å². The van der Waals surface area contributed by atoms with Crippen molar-refractivity contribution in [1.29, 1.82) is 0 Å². The standard InChI is InChI=1S/C23H30N10O12P2/c24-22-28-16-12(18(37)30-22)26-6-32(16)20-8(1-2-34)14(35)11(45-20)4-43-47(40,41)5-9-15(36)10(3-42-46-39)44-21(9)33-7-27-13-17(33)29-23(25)31-19(13)38/h2,6-11,14-15,20-21,35-36,39,46H,1,3-5H2,(H,40,41)(H3,24,28,30,37)(H3,25,29,31,38)/t8-,9-,10-,11-,14+,15+,20-,21-/m1/s1. The Morgan fingerprint density at radius 3 is 1.98 bits per heavy atom. The number of ether oxygens (including phenoxy) is 2. The van der Waals surface area contributed by atoms with Gasteiger partial charge in [-0.15, -0.1) is 0 Å². The molecule has 22 nitrogen and oxygen atoms in total. The maximum atomic E-state index is 13.5. The summed E-state index contributed by atoms with van der Waals surface area (Å²) in [5.74, 6) is -2.49. The number of H-pyrrole nitrogens is 2. The number of nitrogens with one attached hydrogen (secondary N) is 2. The second-order valence-corrected chi connectivity index (χ2v) is 13.3. The molecule has 0 amide bonds. The minimum Gasteiger partial charge on any atom is -0.390 e. The van der Waals surface area contributed by atoms with Crippen LogP contribution in [0.1, 0.15) is 18.9 Å². The van der Waals surface area contributed by atoms with E-state index in [2.05, 4.69) is 29.9 Å². The van der Waals surface area contributed by atoms with E-state index in [0.717, 1.165) is 0 Å². The number of hydrogen-bond donors (Lipinski definition) is 8. The number of aliphatic hydroxyl groups is 2.